The number of furan rings is 1. The lowest BCUT2D eigenvalue weighted by atomic mass is 10.1. The molecule has 0 spiro atoms. The predicted octanol–water partition coefficient (Wildman–Crippen LogP) is 5.63. The number of piperazine rings is 1. The predicted molar refractivity (Wildman–Crippen MR) is 123 cm³/mol. The first kappa shape index (κ1) is 20.6. The summed E-state index contributed by atoms with van der Waals surface area (Å²) in [7, 11) is 0. The van der Waals surface area contributed by atoms with E-state index < -0.39 is 0 Å². The van der Waals surface area contributed by atoms with Gasteiger partial charge in [-0.25, -0.2) is 0 Å². The van der Waals surface area contributed by atoms with Gasteiger partial charge in [0.15, 0.2) is 10.9 Å². The number of carbonyl (C=O) groups excluding carboxylic acids is 1. The lowest BCUT2D eigenvalue weighted by Crippen LogP contribution is -2.49. The van der Waals surface area contributed by atoms with Crippen LogP contribution < -0.4 is 4.90 Å². The number of anilines is 1. The van der Waals surface area contributed by atoms with Crippen LogP contribution in [0.3, 0.4) is 0 Å². The zero-order chi connectivity index (χ0) is 21.3. The van der Waals surface area contributed by atoms with Gasteiger partial charge in [-0.3, -0.25) is 4.79 Å². The molecular formula is C25H28N2O2S. The van der Waals surface area contributed by atoms with Crippen molar-refractivity contribution in [3.8, 4) is 0 Å². The highest BCUT2D eigenvalue weighted by Gasteiger charge is 2.25. The molecule has 0 saturated carbocycles. The smallest absolute Gasteiger partial charge is 0.289 e. The topological polar surface area (TPSA) is 36.7 Å². The lowest BCUT2D eigenvalue weighted by molar-refractivity contribution is 0.0709. The largest absolute Gasteiger partial charge is 0.444 e. The third-order valence-corrected chi connectivity index (χ3v) is 6.94. The van der Waals surface area contributed by atoms with Crippen molar-refractivity contribution in [1.82, 2.24) is 4.90 Å². The Hall–Kier alpha value is -2.66. The summed E-state index contributed by atoms with van der Waals surface area (Å²) in [4.78, 5) is 18.4. The van der Waals surface area contributed by atoms with E-state index in [1.54, 1.807) is 17.8 Å². The minimum absolute atomic E-state index is 0.0241. The Morgan fingerprint density at radius 1 is 0.867 bits per heavy atom. The van der Waals surface area contributed by atoms with E-state index in [0.29, 0.717) is 18.8 Å². The molecule has 3 aromatic rings. The highest BCUT2D eigenvalue weighted by Crippen LogP contribution is 2.34. The van der Waals surface area contributed by atoms with Gasteiger partial charge in [0, 0.05) is 36.8 Å². The second-order valence-corrected chi connectivity index (χ2v) is 9.03. The number of nitrogens with zero attached hydrogens (tertiary/aromatic N) is 2. The van der Waals surface area contributed by atoms with Crippen molar-refractivity contribution >= 4 is 23.4 Å². The molecule has 0 unspecified atom stereocenters. The lowest BCUT2D eigenvalue weighted by Gasteiger charge is -2.36. The quantitative estimate of drug-likeness (QED) is 0.548. The standard InChI is InChI=1S/C25H28N2O2S/c1-17-8-9-18(2)21(16-17)26-12-14-27(15-13-26)25(28)22-10-11-23(29-22)30-24-19(3)6-5-7-20(24)4/h5-11,16H,12-15H2,1-4H3. The van der Waals surface area contributed by atoms with Gasteiger partial charge in [0.25, 0.3) is 5.91 Å². The van der Waals surface area contributed by atoms with E-state index in [9.17, 15) is 4.79 Å². The van der Waals surface area contributed by atoms with Crippen LogP contribution in [-0.4, -0.2) is 37.0 Å². The summed E-state index contributed by atoms with van der Waals surface area (Å²) in [5, 5.41) is 0.754. The normalized spacial score (nSPS) is 14.3. The van der Waals surface area contributed by atoms with E-state index >= 15 is 0 Å². The molecule has 5 heteroatoms. The van der Waals surface area contributed by atoms with Crippen LogP contribution in [0.15, 0.2) is 62.9 Å². The fourth-order valence-corrected chi connectivity index (χ4v) is 4.84. The second kappa shape index (κ2) is 8.60. The molecule has 30 heavy (non-hydrogen) atoms. The summed E-state index contributed by atoms with van der Waals surface area (Å²) < 4.78 is 5.92. The molecule has 1 fully saturated rings. The fourth-order valence-electron chi connectivity index (χ4n) is 3.92. The summed E-state index contributed by atoms with van der Waals surface area (Å²) in [5.41, 5.74) is 6.24. The first-order chi connectivity index (χ1) is 14.4. The van der Waals surface area contributed by atoms with E-state index in [0.717, 1.165) is 18.2 Å². The molecule has 0 aliphatic carbocycles. The SMILES string of the molecule is Cc1ccc(C)c(N2CCN(C(=O)c3ccc(Sc4c(C)cccc4C)o3)CC2)c1. The van der Waals surface area contributed by atoms with E-state index in [4.69, 9.17) is 4.42 Å². The van der Waals surface area contributed by atoms with Gasteiger partial charge in [0.2, 0.25) is 0 Å². The molecule has 0 radical (unpaired) electrons. The maximum atomic E-state index is 13.0. The molecule has 4 rings (SSSR count). The Kier molecular flexibility index (Phi) is 5.91. The fraction of sp³-hybridized carbons (Fsp3) is 0.320. The molecule has 1 aliphatic rings. The molecule has 1 aromatic heterocycles. The summed E-state index contributed by atoms with van der Waals surface area (Å²) in [5.74, 6) is 0.396. The maximum Gasteiger partial charge on any atom is 0.289 e. The van der Waals surface area contributed by atoms with Crippen LogP contribution in [0.5, 0.6) is 0 Å². The van der Waals surface area contributed by atoms with Gasteiger partial charge < -0.3 is 14.2 Å². The summed E-state index contributed by atoms with van der Waals surface area (Å²) >= 11 is 1.58. The number of rotatable bonds is 4. The van der Waals surface area contributed by atoms with Crippen LogP contribution in [0.25, 0.3) is 0 Å². The molecule has 1 amide bonds. The van der Waals surface area contributed by atoms with E-state index in [1.165, 1.54) is 32.8 Å². The minimum atomic E-state index is -0.0241. The molecule has 2 aromatic carbocycles. The molecule has 1 aliphatic heterocycles. The molecule has 156 valence electrons. The number of hydrogen-bond acceptors (Lipinski definition) is 4. The van der Waals surface area contributed by atoms with Crippen molar-refractivity contribution in [2.24, 2.45) is 0 Å². The Bertz CT molecular complexity index is 1040. The zero-order valence-corrected chi connectivity index (χ0v) is 18.9. The monoisotopic (exact) mass is 420 g/mol. The van der Waals surface area contributed by atoms with Crippen LogP contribution in [0.4, 0.5) is 5.69 Å². The van der Waals surface area contributed by atoms with Crippen LogP contribution in [0.2, 0.25) is 0 Å². The van der Waals surface area contributed by atoms with E-state index in [1.807, 2.05) is 11.0 Å². The van der Waals surface area contributed by atoms with E-state index in [2.05, 4.69) is 69.0 Å². The molecule has 4 nitrogen and oxygen atoms in total. The number of hydrogen-bond donors (Lipinski definition) is 0. The second-order valence-electron chi connectivity index (χ2n) is 8.01. The van der Waals surface area contributed by atoms with Crippen molar-refractivity contribution in [3.63, 3.8) is 0 Å². The molecule has 0 atom stereocenters. The molecule has 1 saturated heterocycles. The van der Waals surface area contributed by atoms with Gasteiger partial charge in [-0.1, -0.05) is 42.1 Å². The zero-order valence-electron chi connectivity index (χ0n) is 18.1. The molecular weight excluding hydrogens is 392 g/mol. The van der Waals surface area contributed by atoms with Gasteiger partial charge in [-0.2, -0.15) is 0 Å². The average Bonchev–Trinajstić information content (AvgIpc) is 3.21. The summed E-state index contributed by atoms with van der Waals surface area (Å²) in [6, 6.07) is 16.5. The first-order valence-corrected chi connectivity index (χ1v) is 11.2. The minimum Gasteiger partial charge on any atom is -0.444 e. The van der Waals surface area contributed by atoms with E-state index in [-0.39, 0.29) is 5.91 Å². The number of aryl methyl sites for hydroxylation is 4. The molecule has 2 heterocycles. The van der Waals surface area contributed by atoms with Gasteiger partial charge in [0.1, 0.15) is 0 Å². The number of carbonyl (C=O) groups is 1. The van der Waals surface area contributed by atoms with Crippen molar-refractivity contribution in [3.05, 3.63) is 76.5 Å². The highest BCUT2D eigenvalue weighted by atomic mass is 32.2. The maximum absolute atomic E-state index is 13.0. The van der Waals surface area contributed by atoms with Gasteiger partial charge in [-0.05, 0) is 68.1 Å². The number of amides is 1. The Morgan fingerprint density at radius 3 is 2.27 bits per heavy atom. The van der Waals surface area contributed by atoms with Crippen molar-refractivity contribution in [2.75, 3.05) is 31.1 Å². The summed E-state index contributed by atoms with van der Waals surface area (Å²) in [6.07, 6.45) is 0. The number of benzene rings is 2. The van der Waals surface area contributed by atoms with Crippen molar-refractivity contribution in [2.45, 2.75) is 37.7 Å². The van der Waals surface area contributed by atoms with Gasteiger partial charge in [0.05, 0.1) is 0 Å². The highest BCUT2D eigenvalue weighted by molar-refractivity contribution is 7.99. The Balaban J connectivity index is 1.41. The van der Waals surface area contributed by atoms with Crippen molar-refractivity contribution < 1.29 is 9.21 Å². The first-order valence-electron chi connectivity index (χ1n) is 10.4. The van der Waals surface area contributed by atoms with Crippen LogP contribution in [-0.2, 0) is 0 Å². The van der Waals surface area contributed by atoms with Gasteiger partial charge >= 0.3 is 0 Å². The van der Waals surface area contributed by atoms with Crippen LogP contribution in [0, 0.1) is 27.7 Å². The summed E-state index contributed by atoms with van der Waals surface area (Å²) in [6.45, 7) is 11.5. The third-order valence-electron chi connectivity index (χ3n) is 5.68. The Labute approximate surface area is 182 Å². The van der Waals surface area contributed by atoms with Crippen LogP contribution >= 0.6 is 11.8 Å². The average molecular weight is 421 g/mol. The van der Waals surface area contributed by atoms with Crippen molar-refractivity contribution in [1.29, 1.82) is 0 Å². The molecule has 0 N–H and O–H groups in total. The third kappa shape index (κ3) is 4.26. The Morgan fingerprint density at radius 2 is 1.57 bits per heavy atom. The van der Waals surface area contributed by atoms with Gasteiger partial charge in [-0.15, -0.1) is 0 Å². The van der Waals surface area contributed by atoms with Crippen LogP contribution in [0.1, 0.15) is 32.8 Å². The molecule has 0 bridgehead atoms.